The second-order valence-corrected chi connectivity index (χ2v) is 17.3. The van der Waals surface area contributed by atoms with Gasteiger partial charge in [-0.2, -0.15) is 8.42 Å². The van der Waals surface area contributed by atoms with Gasteiger partial charge in [-0.25, -0.2) is 14.4 Å². The van der Waals surface area contributed by atoms with Gasteiger partial charge in [0, 0.05) is 6.20 Å². The van der Waals surface area contributed by atoms with E-state index in [4.69, 9.17) is 24.9 Å². The van der Waals surface area contributed by atoms with Crippen LogP contribution in [0.4, 0.5) is 4.39 Å². The highest BCUT2D eigenvalue weighted by Gasteiger charge is 2.52. The smallest absolute Gasteiger partial charge is 0.297 e. The quantitative estimate of drug-likeness (QED) is 0.218. The van der Waals surface area contributed by atoms with E-state index in [0.29, 0.717) is 11.0 Å². The molecule has 0 radical (unpaired) electrons. The van der Waals surface area contributed by atoms with Crippen LogP contribution in [0.15, 0.2) is 47.8 Å². The number of aromatic nitrogens is 3. The third-order valence-electron chi connectivity index (χ3n) is 6.94. The topological polar surface area (TPSA) is 92.5 Å². The first-order valence-corrected chi connectivity index (χ1v) is 16.3. The Kier molecular flexibility index (Phi) is 7.37. The summed E-state index contributed by atoms with van der Waals surface area (Å²) in [7, 11) is -6.54. The summed E-state index contributed by atoms with van der Waals surface area (Å²) in [4.78, 5) is 8.22. The van der Waals surface area contributed by atoms with E-state index in [2.05, 4.69) is 9.97 Å². The third-order valence-corrected chi connectivity index (χ3v) is 13.0. The molecule has 1 fully saturated rings. The fraction of sp³-hybridized carbons (Fsp3) is 0.500. The minimum Gasteiger partial charge on any atom is -0.408 e. The average Bonchev–Trinajstić information content (AvgIpc) is 3.34. The van der Waals surface area contributed by atoms with E-state index in [1.165, 1.54) is 23.0 Å². The Morgan fingerprint density at radius 1 is 1.17 bits per heavy atom. The number of nitrogens with zero attached hydrogens (tertiary/aromatic N) is 3. The summed E-state index contributed by atoms with van der Waals surface area (Å²) in [6.45, 7) is 11.6. The van der Waals surface area contributed by atoms with Gasteiger partial charge in [0.05, 0.1) is 16.9 Å². The fourth-order valence-electron chi connectivity index (χ4n) is 3.78. The number of benzene rings is 1. The van der Waals surface area contributed by atoms with Gasteiger partial charge < -0.3 is 13.7 Å². The molecule has 3 heterocycles. The lowest BCUT2D eigenvalue weighted by Gasteiger charge is -2.39. The highest BCUT2D eigenvalue weighted by molar-refractivity contribution is 7.86. The van der Waals surface area contributed by atoms with Crippen molar-refractivity contribution < 1.29 is 26.2 Å². The Labute approximate surface area is 217 Å². The maximum Gasteiger partial charge on any atom is 0.297 e. The largest absolute Gasteiger partial charge is 0.408 e. The van der Waals surface area contributed by atoms with Crippen molar-refractivity contribution in [3.05, 3.63) is 53.6 Å². The van der Waals surface area contributed by atoms with Crippen LogP contribution in [0.3, 0.4) is 0 Å². The molecule has 196 valence electrons. The zero-order valence-electron chi connectivity index (χ0n) is 21.1. The van der Waals surface area contributed by atoms with Crippen LogP contribution >= 0.6 is 11.6 Å². The van der Waals surface area contributed by atoms with Gasteiger partial charge in [-0.3, -0.25) is 4.18 Å². The van der Waals surface area contributed by atoms with Crippen molar-refractivity contribution in [1.82, 2.24) is 14.5 Å². The fourth-order valence-corrected chi connectivity index (χ4v) is 6.21. The predicted octanol–water partition coefficient (Wildman–Crippen LogP) is 5.42. The Morgan fingerprint density at radius 2 is 1.83 bits per heavy atom. The highest BCUT2D eigenvalue weighted by Crippen LogP contribution is 2.43. The summed E-state index contributed by atoms with van der Waals surface area (Å²) in [5.41, 5.74) is 1.32. The number of hydrogen-bond acceptors (Lipinski definition) is 7. The van der Waals surface area contributed by atoms with Gasteiger partial charge in [-0.1, -0.05) is 50.1 Å². The third kappa shape index (κ3) is 5.23. The molecular weight excluding hydrogens is 525 g/mol. The van der Waals surface area contributed by atoms with Gasteiger partial charge >= 0.3 is 0 Å². The van der Waals surface area contributed by atoms with Crippen molar-refractivity contribution in [2.75, 3.05) is 6.61 Å². The van der Waals surface area contributed by atoms with Crippen molar-refractivity contribution in [1.29, 1.82) is 0 Å². The SMILES string of the molecule is Cc1ccc(S(=O)(=O)OC[C@H]2O[C@@H](n3ccc4c(Cl)ncnc43)[C@@H](F)[C@@H]2O[Si](C)(C)C(C)(C)C)cc1. The summed E-state index contributed by atoms with van der Waals surface area (Å²) in [5, 5.41) is 0.592. The van der Waals surface area contributed by atoms with E-state index < -0.39 is 49.6 Å². The van der Waals surface area contributed by atoms with Crippen LogP contribution in [0.5, 0.6) is 0 Å². The molecule has 2 aromatic heterocycles. The van der Waals surface area contributed by atoms with Crippen molar-refractivity contribution in [2.45, 2.75) is 75.3 Å². The molecule has 0 amide bonds. The maximum atomic E-state index is 16.1. The molecule has 1 aliphatic rings. The summed E-state index contributed by atoms with van der Waals surface area (Å²) in [6, 6.07) is 8.00. The molecule has 36 heavy (non-hydrogen) atoms. The van der Waals surface area contributed by atoms with Crippen LogP contribution in [0.25, 0.3) is 11.0 Å². The van der Waals surface area contributed by atoms with Gasteiger partial charge in [0.1, 0.15) is 29.3 Å². The minimum atomic E-state index is -4.08. The second-order valence-electron chi connectivity index (χ2n) is 10.5. The van der Waals surface area contributed by atoms with Crippen LogP contribution in [0, 0.1) is 6.92 Å². The van der Waals surface area contributed by atoms with Crippen LogP contribution < -0.4 is 0 Å². The lowest BCUT2D eigenvalue weighted by Crippen LogP contribution is -2.49. The first kappa shape index (κ1) is 27.1. The Hall–Kier alpha value is -1.89. The van der Waals surface area contributed by atoms with E-state index >= 15 is 4.39 Å². The summed E-state index contributed by atoms with van der Waals surface area (Å²) < 4.78 is 61.1. The van der Waals surface area contributed by atoms with Crippen molar-refractivity contribution in [3.63, 3.8) is 0 Å². The molecule has 1 aliphatic heterocycles. The van der Waals surface area contributed by atoms with Crippen LogP contribution in [0.1, 0.15) is 32.6 Å². The van der Waals surface area contributed by atoms with Crippen molar-refractivity contribution >= 4 is 41.1 Å². The Bertz CT molecular complexity index is 1340. The molecule has 0 N–H and O–H groups in total. The summed E-state index contributed by atoms with van der Waals surface area (Å²) in [6.07, 6.45) is -1.83. The lowest BCUT2D eigenvalue weighted by molar-refractivity contribution is -0.0388. The number of aryl methyl sites for hydroxylation is 1. The van der Waals surface area contributed by atoms with E-state index in [0.717, 1.165) is 5.56 Å². The number of alkyl halides is 1. The molecule has 0 spiro atoms. The van der Waals surface area contributed by atoms with Crippen LogP contribution in [-0.4, -0.2) is 56.3 Å². The van der Waals surface area contributed by atoms with E-state index in [1.54, 1.807) is 24.4 Å². The molecule has 3 aromatic rings. The van der Waals surface area contributed by atoms with Gasteiger partial charge in [0.25, 0.3) is 10.1 Å². The monoisotopic (exact) mass is 555 g/mol. The molecule has 1 aromatic carbocycles. The molecule has 4 atom stereocenters. The van der Waals surface area contributed by atoms with Gasteiger partial charge in [0.2, 0.25) is 0 Å². The van der Waals surface area contributed by atoms with Crippen molar-refractivity contribution in [3.8, 4) is 0 Å². The average molecular weight is 556 g/mol. The highest BCUT2D eigenvalue weighted by atomic mass is 35.5. The van der Waals surface area contributed by atoms with E-state index in [-0.39, 0.29) is 15.1 Å². The number of rotatable bonds is 7. The first-order chi connectivity index (χ1) is 16.7. The lowest BCUT2D eigenvalue weighted by atomic mass is 10.1. The van der Waals surface area contributed by atoms with Crippen LogP contribution in [0.2, 0.25) is 23.3 Å². The summed E-state index contributed by atoms with van der Waals surface area (Å²) >= 11 is 6.17. The molecule has 0 saturated carbocycles. The maximum absolute atomic E-state index is 16.1. The molecule has 0 bridgehead atoms. The number of fused-ring (bicyclic) bond motifs is 1. The predicted molar refractivity (Wildman–Crippen MR) is 138 cm³/mol. The standard InChI is InChI=1S/C24H31ClFN3O5SSi/c1-15-7-9-16(10-8-15)35(30,31)32-13-18-20(34-36(5,6)24(2,3)4)19(26)23(33-18)29-12-11-17-21(25)27-14-28-22(17)29/h7-12,14,18-20,23H,13H2,1-6H3/t18-,19+,20-,23-/m1/s1. The van der Waals surface area contributed by atoms with Crippen LogP contribution in [-0.2, 0) is 23.5 Å². The Balaban J connectivity index is 1.64. The van der Waals surface area contributed by atoms with Gasteiger partial charge in [0.15, 0.2) is 20.7 Å². The number of halogens is 2. The van der Waals surface area contributed by atoms with Gasteiger partial charge in [-0.05, 0) is 43.3 Å². The summed E-state index contributed by atoms with van der Waals surface area (Å²) in [5.74, 6) is 0. The minimum absolute atomic E-state index is 0.0176. The number of ether oxygens (including phenoxy) is 1. The molecule has 0 aliphatic carbocycles. The molecule has 4 rings (SSSR count). The van der Waals surface area contributed by atoms with E-state index in [9.17, 15) is 8.42 Å². The van der Waals surface area contributed by atoms with Crippen molar-refractivity contribution in [2.24, 2.45) is 0 Å². The normalized spacial score (nSPS) is 23.4. The molecule has 1 saturated heterocycles. The molecule has 8 nitrogen and oxygen atoms in total. The molecule has 12 heteroatoms. The number of hydrogen-bond donors (Lipinski definition) is 0. The first-order valence-electron chi connectivity index (χ1n) is 11.6. The van der Waals surface area contributed by atoms with Gasteiger partial charge in [-0.15, -0.1) is 0 Å². The Morgan fingerprint density at radius 3 is 2.47 bits per heavy atom. The molecule has 0 unspecified atom stereocenters. The van der Waals surface area contributed by atoms with E-state index in [1.807, 2.05) is 40.8 Å². The zero-order valence-corrected chi connectivity index (χ0v) is 23.7. The molecular formula is C24H31ClFN3O5SSi. The second kappa shape index (κ2) is 9.77. The zero-order chi connectivity index (χ0) is 26.5.